The highest BCUT2D eigenvalue weighted by atomic mass is 16.1. The number of pyridine rings is 1. The largest absolute Gasteiger partial charge is 0.312 e. The van der Waals surface area contributed by atoms with Gasteiger partial charge in [-0.1, -0.05) is 11.2 Å². The fraction of sp³-hybridized carbons (Fsp3) is 0.444. The Kier molecular flexibility index (Phi) is 2.24. The minimum Gasteiger partial charge on any atom is -0.312 e. The van der Waals surface area contributed by atoms with Gasteiger partial charge in [0.15, 0.2) is 0 Å². The summed E-state index contributed by atoms with van der Waals surface area (Å²) in [6, 6.07) is 3.89. The van der Waals surface area contributed by atoms with Gasteiger partial charge in [-0.15, -0.1) is 0 Å². The lowest BCUT2D eigenvalue weighted by atomic mass is 10.3. The summed E-state index contributed by atoms with van der Waals surface area (Å²) in [4.78, 5) is 14.4. The molecule has 72 valence electrons. The lowest BCUT2D eigenvalue weighted by molar-refractivity contribution is 0.695. The molecule has 0 unspecified atom stereocenters. The first-order valence-corrected chi connectivity index (χ1v) is 4.54. The second-order valence-corrected chi connectivity index (χ2v) is 3.37. The van der Waals surface area contributed by atoms with Crippen LogP contribution in [0.4, 0.5) is 0 Å². The third-order valence-corrected chi connectivity index (χ3v) is 2.30. The van der Waals surface area contributed by atoms with Gasteiger partial charge in [0, 0.05) is 22.7 Å². The highest BCUT2D eigenvalue weighted by molar-refractivity contribution is 5.11. The third kappa shape index (κ3) is 1.63. The molecule has 0 aromatic carbocycles. The molecule has 1 saturated carbocycles. The van der Waals surface area contributed by atoms with E-state index >= 15 is 0 Å². The predicted molar refractivity (Wildman–Crippen MR) is 51.8 cm³/mol. The Bertz CT molecular complexity index is 440. The molecule has 0 spiro atoms. The molecule has 1 aliphatic rings. The van der Waals surface area contributed by atoms with Crippen LogP contribution in [0, 0.1) is 0 Å². The van der Waals surface area contributed by atoms with E-state index in [-0.39, 0.29) is 12.1 Å². The minimum absolute atomic E-state index is 0.0256. The van der Waals surface area contributed by atoms with Crippen LogP contribution < -0.4 is 5.56 Å². The van der Waals surface area contributed by atoms with Crippen molar-refractivity contribution < 1.29 is 0 Å². The number of aromatic nitrogens is 1. The van der Waals surface area contributed by atoms with E-state index in [1.807, 2.05) is 6.07 Å². The fourth-order valence-electron chi connectivity index (χ4n) is 1.43. The third-order valence-electron chi connectivity index (χ3n) is 2.30. The van der Waals surface area contributed by atoms with E-state index in [9.17, 15) is 4.79 Å². The molecule has 5 heteroatoms. The summed E-state index contributed by atoms with van der Waals surface area (Å²) in [7, 11) is 0. The van der Waals surface area contributed by atoms with E-state index in [4.69, 9.17) is 5.53 Å². The Morgan fingerprint density at radius 1 is 1.64 bits per heavy atom. The molecule has 0 amide bonds. The monoisotopic (exact) mass is 190 g/mol. The number of hydrogen-bond donors (Lipinski definition) is 0. The second-order valence-electron chi connectivity index (χ2n) is 3.37. The molecule has 2 rings (SSSR count). The zero-order valence-electron chi connectivity index (χ0n) is 7.63. The molecule has 0 saturated heterocycles. The van der Waals surface area contributed by atoms with Crippen molar-refractivity contribution >= 4 is 0 Å². The Hall–Kier alpha value is -1.74. The molecule has 14 heavy (non-hydrogen) atoms. The predicted octanol–water partition coefficient (Wildman–Crippen LogP) is 1.99. The van der Waals surface area contributed by atoms with Gasteiger partial charge in [-0.25, -0.2) is 0 Å². The van der Waals surface area contributed by atoms with Crippen LogP contribution in [0.25, 0.3) is 10.4 Å². The summed E-state index contributed by atoms with van der Waals surface area (Å²) in [5.41, 5.74) is 8.70. The van der Waals surface area contributed by atoms with Gasteiger partial charge in [-0.3, -0.25) is 4.79 Å². The van der Waals surface area contributed by atoms with Crippen LogP contribution in [0.2, 0.25) is 0 Å². The van der Waals surface area contributed by atoms with Crippen LogP contribution in [-0.2, 0) is 6.54 Å². The van der Waals surface area contributed by atoms with Crippen molar-refractivity contribution in [2.24, 2.45) is 5.11 Å². The second kappa shape index (κ2) is 3.55. The van der Waals surface area contributed by atoms with Crippen molar-refractivity contribution in [3.8, 4) is 0 Å². The van der Waals surface area contributed by atoms with Gasteiger partial charge in [0.2, 0.25) is 0 Å². The van der Waals surface area contributed by atoms with Crippen molar-refractivity contribution in [3.63, 3.8) is 0 Å². The molecule has 1 heterocycles. The Balaban J connectivity index is 2.35. The van der Waals surface area contributed by atoms with Gasteiger partial charge in [0.05, 0.1) is 6.54 Å². The van der Waals surface area contributed by atoms with Crippen LogP contribution in [-0.4, -0.2) is 4.57 Å². The number of rotatable bonds is 3. The van der Waals surface area contributed by atoms with Crippen molar-refractivity contribution in [2.45, 2.75) is 25.4 Å². The number of nitrogens with zero attached hydrogens (tertiary/aromatic N) is 4. The summed E-state index contributed by atoms with van der Waals surface area (Å²) in [5, 5.41) is 3.39. The zero-order valence-corrected chi connectivity index (χ0v) is 7.63. The van der Waals surface area contributed by atoms with Gasteiger partial charge in [0.1, 0.15) is 0 Å². The average Bonchev–Trinajstić information content (AvgIpc) is 3.00. The summed E-state index contributed by atoms with van der Waals surface area (Å²) in [5.74, 6) is 0. The smallest absolute Gasteiger partial charge is 0.254 e. The van der Waals surface area contributed by atoms with Crippen molar-refractivity contribution in [2.75, 3.05) is 0 Å². The Morgan fingerprint density at radius 3 is 3.07 bits per heavy atom. The molecule has 0 bridgehead atoms. The minimum atomic E-state index is -0.0256. The summed E-state index contributed by atoms with van der Waals surface area (Å²) < 4.78 is 1.72. The highest BCUT2D eigenvalue weighted by Crippen LogP contribution is 2.33. The molecule has 0 aliphatic heterocycles. The van der Waals surface area contributed by atoms with Gasteiger partial charge in [0.25, 0.3) is 5.56 Å². The molecule has 1 aromatic rings. The van der Waals surface area contributed by atoms with Gasteiger partial charge < -0.3 is 4.57 Å². The normalized spacial score (nSPS) is 14.9. The lowest BCUT2D eigenvalue weighted by Gasteiger charge is -2.03. The first kappa shape index (κ1) is 8.84. The average molecular weight is 190 g/mol. The van der Waals surface area contributed by atoms with Gasteiger partial charge in [-0.05, 0) is 24.4 Å². The van der Waals surface area contributed by atoms with Crippen molar-refractivity contribution in [1.29, 1.82) is 0 Å². The van der Waals surface area contributed by atoms with Crippen LogP contribution >= 0.6 is 0 Å². The number of hydrogen-bond acceptors (Lipinski definition) is 2. The first-order valence-electron chi connectivity index (χ1n) is 4.54. The highest BCUT2D eigenvalue weighted by Gasteiger charge is 2.24. The Labute approximate surface area is 80.6 Å². The van der Waals surface area contributed by atoms with E-state index in [2.05, 4.69) is 10.0 Å². The molecule has 0 atom stereocenters. The standard InChI is InChI=1S/C9H10N4O/c10-12-11-6-7-2-1-5-13(9(7)14)8-3-4-8/h1-2,5,8H,3-4,6H2. The van der Waals surface area contributed by atoms with Crippen LogP contribution in [0.15, 0.2) is 28.2 Å². The molecular weight excluding hydrogens is 180 g/mol. The molecule has 1 aliphatic carbocycles. The zero-order chi connectivity index (χ0) is 9.97. The van der Waals surface area contributed by atoms with Crippen LogP contribution in [0.1, 0.15) is 24.4 Å². The molecule has 1 aromatic heterocycles. The SMILES string of the molecule is [N-]=[N+]=NCc1cccn(C2CC2)c1=O. The maximum Gasteiger partial charge on any atom is 0.254 e. The Morgan fingerprint density at radius 2 is 2.43 bits per heavy atom. The van der Waals surface area contributed by atoms with E-state index in [1.165, 1.54) is 0 Å². The topological polar surface area (TPSA) is 70.8 Å². The lowest BCUT2D eigenvalue weighted by Crippen LogP contribution is -2.21. The van der Waals surface area contributed by atoms with Crippen LogP contribution in [0.5, 0.6) is 0 Å². The quantitative estimate of drug-likeness (QED) is 0.408. The molecule has 1 fully saturated rings. The van der Waals surface area contributed by atoms with Crippen molar-refractivity contribution in [1.82, 2.24) is 4.57 Å². The van der Waals surface area contributed by atoms with Gasteiger partial charge in [-0.2, -0.15) is 0 Å². The first-order chi connectivity index (χ1) is 6.83. The van der Waals surface area contributed by atoms with Gasteiger partial charge >= 0.3 is 0 Å². The van der Waals surface area contributed by atoms with E-state index in [0.717, 1.165) is 12.8 Å². The van der Waals surface area contributed by atoms with Crippen LogP contribution in [0.3, 0.4) is 0 Å². The maximum atomic E-state index is 11.7. The summed E-state index contributed by atoms with van der Waals surface area (Å²) in [6.07, 6.45) is 3.94. The number of azide groups is 1. The van der Waals surface area contributed by atoms with Crippen molar-refractivity contribution in [3.05, 3.63) is 44.7 Å². The molecule has 0 N–H and O–H groups in total. The molecular formula is C9H10N4O. The fourth-order valence-corrected chi connectivity index (χ4v) is 1.43. The van der Waals surface area contributed by atoms with E-state index < -0.39 is 0 Å². The maximum absolute atomic E-state index is 11.7. The molecule has 0 radical (unpaired) electrons. The summed E-state index contributed by atoms with van der Waals surface area (Å²) in [6.45, 7) is 0.142. The van der Waals surface area contributed by atoms with E-state index in [0.29, 0.717) is 11.6 Å². The molecule has 5 nitrogen and oxygen atoms in total. The van der Waals surface area contributed by atoms with E-state index in [1.54, 1.807) is 16.8 Å². The summed E-state index contributed by atoms with van der Waals surface area (Å²) >= 11 is 0.